The molecule has 4 atom stereocenters. The smallest absolute Gasteiger partial charge is 0.307 e. The van der Waals surface area contributed by atoms with E-state index in [1.165, 1.54) is 7.11 Å². The number of carbonyl (C=O) groups is 1. The first-order chi connectivity index (χ1) is 7.60. The summed E-state index contributed by atoms with van der Waals surface area (Å²) in [4.78, 5) is 10.9. The summed E-state index contributed by atoms with van der Waals surface area (Å²) < 4.78 is 15.5. The van der Waals surface area contributed by atoms with Gasteiger partial charge in [-0.2, -0.15) is 0 Å². The van der Waals surface area contributed by atoms with E-state index in [0.29, 0.717) is 0 Å². The minimum absolute atomic E-state index is 0.141. The van der Waals surface area contributed by atoms with Crippen LogP contribution in [0.1, 0.15) is 26.7 Å². The Balaban J connectivity index is 2.33. The van der Waals surface area contributed by atoms with Crippen molar-refractivity contribution >= 4 is 5.97 Å². The molecule has 0 aliphatic carbocycles. The monoisotopic (exact) mass is 232 g/mol. The molecule has 1 rings (SSSR count). The summed E-state index contributed by atoms with van der Waals surface area (Å²) in [5.74, 6) is -0.312. The average Bonchev–Trinajstić information content (AvgIpc) is 2.55. The van der Waals surface area contributed by atoms with Crippen LogP contribution in [-0.2, 0) is 19.0 Å². The van der Waals surface area contributed by atoms with Gasteiger partial charge in [0.05, 0.1) is 32.3 Å². The van der Waals surface area contributed by atoms with E-state index >= 15 is 0 Å². The highest BCUT2D eigenvalue weighted by Crippen LogP contribution is 2.25. The van der Waals surface area contributed by atoms with Gasteiger partial charge in [0.15, 0.2) is 0 Å². The number of ether oxygens (including phenoxy) is 3. The lowest BCUT2D eigenvalue weighted by Gasteiger charge is -2.18. The van der Waals surface area contributed by atoms with Crippen molar-refractivity contribution in [3.63, 3.8) is 0 Å². The molecule has 0 saturated carbocycles. The standard InChI is InChI=1S/C11H20O5/c1-4-8-10(13)11(7(2)16-8)15-6-5-9(12)14-3/h7-8,10-11,13H,4-6H2,1-3H3/t7-,8+,10?,11+/m0/s1. The second-order valence-corrected chi connectivity index (χ2v) is 3.94. The van der Waals surface area contributed by atoms with Crippen LogP contribution in [0.5, 0.6) is 0 Å². The Morgan fingerprint density at radius 3 is 2.69 bits per heavy atom. The molecule has 0 aromatic rings. The van der Waals surface area contributed by atoms with Crippen LogP contribution in [0.2, 0.25) is 0 Å². The Hall–Kier alpha value is -0.650. The third-order valence-corrected chi connectivity index (χ3v) is 2.82. The van der Waals surface area contributed by atoms with Crippen LogP contribution >= 0.6 is 0 Å². The van der Waals surface area contributed by atoms with E-state index in [9.17, 15) is 9.90 Å². The van der Waals surface area contributed by atoms with Gasteiger partial charge in [-0.05, 0) is 13.3 Å². The van der Waals surface area contributed by atoms with Crippen LogP contribution in [0.15, 0.2) is 0 Å². The van der Waals surface area contributed by atoms with Crippen LogP contribution in [0, 0.1) is 0 Å². The maximum absolute atomic E-state index is 10.9. The predicted octanol–water partition coefficient (Wildman–Crippen LogP) is 0.493. The zero-order chi connectivity index (χ0) is 12.1. The van der Waals surface area contributed by atoms with Crippen molar-refractivity contribution in [2.75, 3.05) is 13.7 Å². The SMILES string of the molecule is CC[C@H]1O[C@@H](C)[C@@H](OCCC(=O)OC)C1O. The Bertz CT molecular complexity index is 230. The zero-order valence-electron chi connectivity index (χ0n) is 10.0. The molecule has 0 bridgehead atoms. The molecular weight excluding hydrogens is 212 g/mol. The maximum atomic E-state index is 10.9. The molecule has 0 amide bonds. The Labute approximate surface area is 95.7 Å². The summed E-state index contributed by atoms with van der Waals surface area (Å²) in [6.45, 7) is 4.07. The number of carbonyl (C=O) groups excluding carboxylic acids is 1. The van der Waals surface area contributed by atoms with Crippen LogP contribution < -0.4 is 0 Å². The highest BCUT2D eigenvalue weighted by molar-refractivity contribution is 5.69. The largest absolute Gasteiger partial charge is 0.469 e. The van der Waals surface area contributed by atoms with Crippen molar-refractivity contribution < 1.29 is 24.1 Å². The van der Waals surface area contributed by atoms with E-state index in [2.05, 4.69) is 4.74 Å². The van der Waals surface area contributed by atoms with Gasteiger partial charge >= 0.3 is 5.97 Å². The third-order valence-electron chi connectivity index (χ3n) is 2.82. The van der Waals surface area contributed by atoms with Gasteiger partial charge < -0.3 is 19.3 Å². The molecule has 16 heavy (non-hydrogen) atoms. The zero-order valence-corrected chi connectivity index (χ0v) is 10.0. The van der Waals surface area contributed by atoms with E-state index < -0.39 is 6.10 Å². The van der Waals surface area contributed by atoms with E-state index in [4.69, 9.17) is 9.47 Å². The van der Waals surface area contributed by atoms with Crippen molar-refractivity contribution in [3.05, 3.63) is 0 Å². The van der Waals surface area contributed by atoms with Crippen molar-refractivity contribution in [1.82, 2.24) is 0 Å². The highest BCUT2D eigenvalue weighted by atomic mass is 16.6. The Morgan fingerprint density at radius 2 is 2.19 bits per heavy atom. The molecule has 0 aromatic heterocycles. The van der Waals surface area contributed by atoms with Crippen molar-refractivity contribution in [2.45, 2.75) is 51.1 Å². The number of hydrogen-bond donors (Lipinski definition) is 1. The first-order valence-corrected chi connectivity index (χ1v) is 5.62. The first kappa shape index (κ1) is 13.4. The molecule has 5 heteroatoms. The van der Waals surface area contributed by atoms with Gasteiger partial charge in [0.2, 0.25) is 0 Å². The van der Waals surface area contributed by atoms with Crippen LogP contribution in [-0.4, -0.2) is 49.2 Å². The molecule has 1 heterocycles. The molecule has 5 nitrogen and oxygen atoms in total. The second-order valence-electron chi connectivity index (χ2n) is 3.94. The number of methoxy groups -OCH3 is 1. The van der Waals surface area contributed by atoms with Crippen molar-refractivity contribution in [3.8, 4) is 0 Å². The number of aliphatic hydroxyl groups is 1. The average molecular weight is 232 g/mol. The van der Waals surface area contributed by atoms with Crippen LogP contribution in [0.3, 0.4) is 0 Å². The summed E-state index contributed by atoms with van der Waals surface area (Å²) in [5, 5.41) is 9.88. The van der Waals surface area contributed by atoms with E-state index in [1.54, 1.807) is 0 Å². The summed E-state index contributed by atoms with van der Waals surface area (Å²) in [6, 6.07) is 0. The molecule has 94 valence electrons. The Kier molecular flexibility index (Phi) is 5.18. The lowest BCUT2D eigenvalue weighted by molar-refractivity contribution is -0.143. The fraction of sp³-hybridized carbons (Fsp3) is 0.909. The molecule has 0 radical (unpaired) electrons. The summed E-state index contributed by atoms with van der Waals surface area (Å²) in [6.07, 6.45) is -0.325. The number of hydrogen-bond acceptors (Lipinski definition) is 5. The van der Waals surface area contributed by atoms with Crippen LogP contribution in [0.25, 0.3) is 0 Å². The third kappa shape index (κ3) is 3.17. The molecule has 0 aromatic carbocycles. The Morgan fingerprint density at radius 1 is 1.50 bits per heavy atom. The predicted molar refractivity (Wildman–Crippen MR) is 57.0 cm³/mol. The van der Waals surface area contributed by atoms with Crippen molar-refractivity contribution in [2.24, 2.45) is 0 Å². The van der Waals surface area contributed by atoms with Gasteiger partial charge in [0.1, 0.15) is 12.2 Å². The van der Waals surface area contributed by atoms with Gasteiger partial charge in [-0.25, -0.2) is 0 Å². The van der Waals surface area contributed by atoms with Gasteiger partial charge in [0, 0.05) is 0 Å². The fourth-order valence-electron chi connectivity index (χ4n) is 1.88. The molecule has 1 fully saturated rings. The lowest BCUT2D eigenvalue weighted by Crippen LogP contribution is -2.34. The second kappa shape index (κ2) is 6.18. The first-order valence-electron chi connectivity index (χ1n) is 5.62. The van der Waals surface area contributed by atoms with E-state index in [-0.39, 0.29) is 37.3 Å². The topological polar surface area (TPSA) is 65.0 Å². The summed E-state index contributed by atoms with van der Waals surface area (Å²) in [5.41, 5.74) is 0. The van der Waals surface area contributed by atoms with Crippen molar-refractivity contribution in [1.29, 1.82) is 0 Å². The van der Waals surface area contributed by atoms with Gasteiger partial charge in [-0.1, -0.05) is 6.92 Å². The highest BCUT2D eigenvalue weighted by Gasteiger charge is 2.40. The molecular formula is C11H20O5. The molecule has 1 aliphatic heterocycles. The molecule has 1 saturated heterocycles. The minimum atomic E-state index is -0.613. The van der Waals surface area contributed by atoms with E-state index in [0.717, 1.165) is 6.42 Å². The molecule has 1 N–H and O–H groups in total. The molecule has 1 unspecified atom stereocenters. The summed E-state index contributed by atoms with van der Waals surface area (Å²) >= 11 is 0. The van der Waals surface area contributed by atoms with Gasteiger partial charge in [-0.3, -0.25) is 4.79 Å². The van der Waals surface area contributed by atoms with Gasteiger partial charge in [-0.15, -0.1) is 0 Å². The quantitative estimate of drug-likeness (QED) is 0.699. The number of aliphatic hydroxyl groups excluding tert-OH is 1. The normalized spacial score (nSPS) is 34.0. The summed E-state index contributed by atoms with van der Waals surface area (Å²) in [7, 11) is 1.34. The molecule has 0 spiro atoms. The maximum Gasteiger partial charge on any atom is 0.307 e. The van der Waals surface area contributed by atoms with Gasteiger partial charge in [0.25, 0.3) is 0 Å². The minimum Gasteiger partial charge on any atom is -0.469 e. The number of esters is 1. The van der Waals surface area contributed by atoms with E-state index in [1.807, 2.05) is 13.8 Å². The molecule has 1 aliphatic rings. The van der Waals surface area contributed by atoms with Crippen LogP contribution in [0.4, 0.5) is 0 Å². The lowest BCUT2D eigenvalue weighted by atomic mass is 10.1. The number of rotatable bonds is 5. The fourth-order valence-corrected chi connectivity index (χ4v) is 1.88.